The molecule has 176 valence electrons. The van der Waals surface area contributed by atoms with Gasteiger partial charge in [-0.1, -0.05) is 44.2 Å². The Morgan fingerprint density at radius 2 is 1.81 bits per heavy atom. The van der Waals surface area contributed by atoms with E-state index in [1.54, 1.807) is 7.05 Å². The van der Waals surface area contributed by atoms with Crippen LogP contribution in [0.3, 0.4) is 0 Å². The number of amides is 1. The van der Waals surface area contributed by atoms with E-state index in [4.69, 9.17) is 0 Å². The Hall–Kier alpha value is -1.35. The number of guanidine groups is 1. The van der Waals surface area contributed by atoms with E-state index in [0.717, 1.165) is 51.3 Å². The SMILES string of the molecule is CCC(CC)(CNC(=NC)N1CCC(CC(=O)NC)CC1)NC(C)c1ccccc1.I. The fourth-order valence-electron chi connectivity index (χ4n) is 4.33. The molecule has 1 aliphatic rings. The molecule has 31 heavy (non-hydrogen) atoms. The van der Waals surface area contributed by atoms with Gasteiger partial charge in [0.25, 0.3) is 0 Å². The minimum absolute atomic E-state index is 0. The number of hydrogen-bond donors (Lipinski definition) is 3. The monoisotopic (exact) mass is 543 g/mol. The second kappa shape index (κ2) is 13.9. The number of hydrogen-bond acceptors (Lipinski definition) is 3. The van der Waals surface area contributed by atoms with Gasteiger partial charge in [-0.25, -0.2) is 0 Å². The Morgan fingerprint density at radius 1 is 1.19 bits per heavy atom. The van der Waals surface area contributed by atoms with Crippen molar-refractivity contribution in [1.82, 2.24) is 20.9 Å². The normalized spacial score (nSPS) is 16.4. The lowest BCUT2D eigenvalue weighted by Gasteiger charge is -2.39. The standard InChI is InChI=1S/C24H41N5O.HI/c1-6-24(7-2,28-19(3)21-11-9-8-10-12-21)18-27-23(26-5)29-15-13-20(14-16-29)17-22(30)25-4;/h8-12,19-20,28H,6-7,13-18H2,1-5H3,(H,25,30)(H,26,27);1H. The summed E-state index contributed by atoms with van der Waals surface area (Å²) in [7, 11) is 3.57. The molecule has 1 aliphatic heterocycles. The highest BCUT2D eigenvalue weighted by atomic mass is 127. The van der Waals surface area contributed by atoms with E-state index in [1.165, 1.54) is 5.56 Å². The molecule has 7 heteroatoms. The average Bonchev–Trinajstić information content (AvgIpc) is 2.80. The van der Waals surface area contributed by atoms with Crippen molar-refractivity contribution in [2.75, 3.05) is 33.7 Å². The van der Waals surface area contributed by atoms with Crippen molar-refractivity contribution < 1.29 is 4.79 Å². The summed E-state index contributed by atoms with van der Waals surface area (Å²) in [6, 6.07) is 10.9. The van der Waals surface area contributed by atoms with Gasteiger partial charge in [0.15, 0.2) is 5.96 Å². The average molecular weight is 544 g/mol. The van der Waals surface area contributed by atoms with Crippen molar-refractivity contribution in [2.24, 2.45) is 10.9 Å². The van der Waals surface area contributed by atoms with Crippen LogP contribution in [-0.2, 0) is 4.79 Å². The Bertz CT molecular complexity index is 670. The van der Waals surface area contributed by atoms with Crippen LogP contribution in [0, 0.1) is 5.92 Å². The predicted molar refractivity (Wildman–Crippen MR) is 141 cm³/mol. The number of nitrogens with one attached hydrogen (secondary N) is 3. The maximum Gasteiger partial charge on any atom is 0.220 e. The predicted octanol–water partition coefficient (Wildman–Crippen LogP) is 3.94. The molecule has 1 atom stereocenters. The highest BCUT2D eigenvalue weighted by Crippen LogP contribution is 2.23. The smallest absolute Gasteiger partial charge is 0.220 e. The van der Waals surface area contributed by atoms with Crippen molar-refractivity contribution in [2.45, 2.75) is 64.5 Å². The van der Waals surface area contributed by atoms with Crippen molar-refractivity contribution in [3.8, 4) is 0 Å². The molecule has 1 heterocycles. The molecule has 1 fully saturated rings. The molecule has 2 rings (SSSR count). The van der Waals surface area contributed by atoms with Crippen LogP contribution < -0.4 is 16.0 Å². The van der Waals surface area contributed by atoms with E-state index in [0.29, 0.717) is 12.3 Å². The summed E-state index contributed by atoms with van der Waals surface area (Å²) in [5.74, 6) is 1.58. The van der Waals surface area contributed by atoms with Gasteiger partial charge in [0.2, 0.25) is 5.91 Å². The summed E-state index contributed by atoms with van der Waals surface area (Å²) in [5, 5.41) is 10.3. The first-order valence-electron chi connectivity index (χ1n) is 11.5. The molecule has 1 aromatic carbocycles. The molecular weight excluding hydrogens is 501 g/mol. The van der Waals surface area contributed by atoms with E-state index in [2.05, 4.69) is 76.9 Å². The zero-order valence-corrected chi connectivity index (χ0v) is 22.2. The van der Waals surface area contributed by atoms with Gasteiger partial charge in [-0.3, -0.25) is 9.79 Å². The number of carbonyl (C=O) groups is 1. The summed E-state index contributed by atoms with van der Waals surface area (Å²) < 4.78 is 0. The first-order valence-corrected chi connectivity index (χ1v) is 11.5. The molecular formula is C24H42IN5O. The number of rotatable bonds is 9. The molecule has 0 spiro atoms. The summed E-state index contributed by atoms with van der Waals surface area (Å²) in [5.41, 5.74) is 1.31. The van der Waals surface area contributed by atoms with Crippen LogP contribution in [0.1, 0.15) is 64.5 Å². The zero-order chi connectivity index (χ0) is 22.0. The maximum atomic E-state index is 11.7. The van der Waals surface area contributed by atoms with Crippen LogP contribution in [0.25, 0.3) is 0 Å². The lowest BCUT2D eigenvalue weighted by molar-refractivity contribution is -0.121. The second-order valence-corrected chi connectivity index (χ2v) is 8.47. The third-order valence-electron chi connectivity index (χ3n) is 6.64. The minimum Gasteiger partial charge on any atom is -0.359 e. The van der Waals surface area contributed by atoms with Gasteiger partial charge in [0.05, 0.1) is 0 Å². The lowest BCUT2D eigenvalue weighted by Crippen LogP contribution is -2.56. The summed E-state index contributed by atoms with van der Waals surface area (Å²) >= 11 is 0. The van der Waals surface area contributed by atoms with Gasteiger partial charge in [0, 0.05) is 51.7 Å². The van der Waals surface area contributed by atoms with Gasteiger partial charge in [-0.15, -0.1) is 24.0 Å². The van der Waals surface area contributed by atoms with Crippen molar-refractivity contribution in [3.05, 3.63) is 35.9 Å². The summed E-state index contributed by atoms with van der Waals surface area (Å²) in [6.45, 7) is 9.47. The lowest BCUT2D eigenvalue weighted by atomic mass is 9.90. The first kappa shape index (κ1) is 27.7. The molecule has 3 N–H and O–H groups in total. The van der Waals surface area contributed by atoms with E-state index in [-0.39, 0.29) is 41.5 Å². The Balaban J connectivity index is 0.00000480. The molecule has 0 aromatic heterocycles. The number of likely N-dealkylation sites (tertiary alicyclic amines) is 1. The van der Waals surface area contributed by atoms with E-state index in [1.807, 2.05) is 7.05 Å². The maximum absolute atomic E-state index is 11.7. The van der Waals surface area contributed by atoms with Crippen LogP contribution in [0.5, 0.6) is 0 Å². The van der Waals surface area contributed by atoms with Gasteiger partial charge in [-0.05, 0) is 44.1 Å². The molecule has 1 saturated heterocycles. The van der Waals surface area contributed by atoms with Crippen molar-refractivity contribution in [3.63, 3.8) is 0 Å². The highest BCUT2D eigenvalue weighted by Gasteiger charge is 2.30. The molecule has 0 aliphatic carbocycles. The summed E-state index contributed by atoms with van der Waals surface area (Å²) in [6.07, 6.45) is 4.78. The molecule has 1 unspecified atom stereocenters. The van der Waals surface area contributed by atoms with Gasteiger partial charge < -0.3 is 20.9 Å². The number of aliphatic imine (C=N–C) groups is 1. The van der Waals surface area contributed by atoms with Crippen LogP contribution in [0.15, 0.2) is 35.3 Å². The van der Waals surface area contributed by atoms with E-state index < -0.39 is 0 Å². The Kier molecular flexibility index (Phi) is 12.4. The summed E-state index contributed by atoms with van der Waals surface area (Å²) in [4.78, 5) is 18.5. The second-order valence-electron chi connectivity index (χ2n) is 8.47. The van der Waals surface area contributed by atoms with Crippen LogP contribution in [0.4, 0.5) is 0 Å². The van der Waals surface area contributed by atoms with Gasteiger partial charge in [-0.2, -0.15) is 0 Å². The van der Waals surface area contributed by atoms with E-state index in [9.17, 15) is 4.79 Å². The number of carbonyl (C=O) groups excluding carboxylic acids is 1. The fourth-order valence-corrected chi connectivity index (χ4v) is 4.33. The number of benzene rings is 1. The number of halogens is 1. The largest absolute Gasteiger partial charge is 0.359 e. The van der Waals surface area contributed by atoms with Crippen LogP contribution in [0.2, 0.25) is 0 Å². The van der Waals surface area contributed by atoms with Crippen molar-refractivity contribution in [1.29, 1.82) is 0 Å². The third kappa shape index (κ3) is 8.25. The molecule has 6 nitrogen and oxygen atoms in total. The first-order chi connectivity index (χ1) is 14.5. The third-order valence-corrected chi connectivity index (χ3v) is 6.64. The molecule has 0 bridgehead atoms. The van der Waals surface area contributed by atoms with Crippen LogP contribution >= 0.6 is 24.0 Å². The van der Waals surface area contributed by atoms with Gasteiger partial charge >= 0.3 is 0 Å². The highest BCUT2D eigenvalue weighted by molar-refractivity contribution is 14.0. The molecule has 0 radical (unpaired) electrons. The Labute approximate surface area is 206 Å². The Morgan fingerprint density at radius 3 is 2.32 bits per heavy atom. The molecule has 0 saturated carbocycles. The van der Waals surface area contributed by atoms with E-state index >= 15 is 0 Å². The zero-order valence-electron chi connectivity index (χ0n) is 19.9. The molecule has 1 amide bonds. The minimum atomic E-state index is 0. The molecule has 1 aromatic rings. The fraction of sp³-hybridized carbons (Fsp3) is 0.667. The quantitative estimate of drug-likeness (QED) is 0.251. The van der Waals surface area contributed by atoms with Gasteiger partial charge in [0.1, 0.15) is 0 Å². The number of piperidine rings is 1. The topological polar surface area (TPSA) is 68.8 Å². The van der Waals surface area contributed by atoms with Crippen LogP contribution in [-0.4, -0.2) is 56.0 Å². The number of nitrogens with zero attached hydrogens (tertiary/aromatic N) is 2. The van der Waals surface area contributed by atoms with Crippen molar-refractivity contribution >= 4 is 35.8 Å².